The smallest absolute Gasteiger partial charge is 0.298 e. The van der Waals surface area contributed by atoms with Crippen LogP contribution in [0.2, 0.25) is 0 Å². The van der Waals surface area contributed by atoms with Crippen LogP contribution in [0.3, 0.4) is 0 Å². The molecule has 1 aromatic heterocycles. The highest BCUT2D eigenvalue weighted by Crippen LogP contribution is 2.24. The summed E-state index contributed by atoms with van der Waals surface area (Å²) in [6.45, 7) is 5.75. The van der Waals surface area contributed by atoms with Crippen LogP contribution in [0.1, 0.15) is 26.7 Å². The zero-order valence-corrected chi connectivity index (χ0v) is 11.1. The summed E-state index contributed by atoms with van der Waals surface area (Å²) >= 11 is 0. The standard InChI is InChI=1S/C14H21N3O/c1-3-11(4-2)17(10-9-15)14-16-12-7-5-6-8-13(12)18-14/h5-8,11H,3-4,9-10,15H2,1-2H3. The average Bonchev–Trinajstić information content (AvgIpc) is 2.82. The molecule has 18 heavy (non-hydrogen) atoms. The predicted octanol–water partition coefficient (Wildman–Crippen LogP) is 2.78. The van der Waals surface area contributed by atoms with Crippen LogP contribution in [0.15, 0.2) is 28.7 Å². The quantitative estimate of drug-likeness (QED) is 0.852. The number of hydrogen-bond acceptors (Lipinski definition) is 4. The Morgan fingerprint density at radius 3 is 2.61 bits per heavy atom. The lowest BCUT2D eigenvalue weighted by molar-refractivity contribution is 0.491. The van der Waals surface area contributed by atoms with Gasteiger partial charge in [0.05, 0.1) is 0 Å². The minimum atomic E-state index is 0.432. The molecule has 0 radical (unpaired) electrons. The Morgan fingerprint density at radius 1 is 1.28 bits per heavy atom. The van der Waals surface area contributed by atoms with E-state index in [4.69, 9.17) is 10.2 Å². The Morgan fingerprint density at radius 2 is 2.00 bits per heavy atom. The molecular formula is C14H21N3O. The number of nitrogens with two attached hydrogens (primary N) is 1. The van der Waals surface area contributed by atoms with Crippen molar-refractivity contribution < 1.29 is 4.42 Å². The fourth-order valence-corrected chi connectivity index (χ4v) is 2.29. The van der Waals surface area contributed by atoms with Crippen LogP contribution in [0.25, 0.3) is 11.1 Å². The molecule has 1 heterocycles. The van der Waals surface area contributed by atoms with E-state index in [1.54, 1.807) is 0 Å². The number of nitrogens with zero attached hydrogens (tertiary/aromatic N) is 2. The van der Waals surface area contributed by atoms with Crippen LogP contribution >= 0.6 is 0 Å². The van der Waals surface area contributed by atoms with Gasteiger partial charge in [-0.25, -0.2) is 0 Å². The normalized spacial score (nSPS) is 11.3. The van der Waals surface area contributed by atoms with Crippen molar-refractivity contribution in [3.63, 3.8) is 0 Å². The second-order valence-electron chi connectivity index (χ2n) is 4.42. The maximum Gasteiger partial charge on any atom is 0.298 e. The monoisotopic (exact) mass is 247 g/mol. The first-order valence-electron chi connectivity index (χ1n) is 6.62. The van der Waals surface area contributed by atoms with E-state index in [0.29, 0.717) is 18.6 Å². The molecule has 0 bridgehead atoms. The molecule has 0 spiro atoms. The van der Waals surface area contributed by atoms with Gasteiger partial charge in [0.25, 0.3) is 6.01 Å². The number of benzene rings is 1. The lowest BCUT2D eigenvalue weighted by atomic mass is 10.1. The van der Waals surface area contributed by atoms with Crippen molar-refractivity contribution >= 4 is 17.1 Å². The van der Waals surface area contributed by atoms with Crippen molar-refractivity contribution in [1.29, 1.82) is 0 Å². The first-order valence-corrected chi connectivity index (χ1v) is 6.62. The Balaban J connectivity index is 2.34. The lowest BCUT2D eigenvalue weighted by Crippen LogP contribution is -2.38. The maximum atomic E-state index is 5.83. The van der Waals surface area contributed by atoms with E-state index < -0.39 is 0 Å². The van der Waals surface area contributed by atoms with Crippen LogP contribution in [0.5, 0.6) is 0 Å². The van der Waals surface area contributed by atoms with Gasteiger partial charge in [-0.1, -0.05) is 26.0 Å². The minimum absolute atomic E-state index is 0.432. The van der Waals surface area contributed by atoms with Crippen LogP contribution in [0, 0.1) is 0 Å². The summed E-state index contributed by atoms with van der Waals surface area (Å²) in [5.74, 6) is 0. The Bertz CT molecular complexity index is 457. The molecule has 1 aromatic carbocycles. The lowest BCUT2D eigenvalue weighted by Gasteiger charge is -2.28. The van der Waals surface area contributed by atoms with Gasteiger partial charge in [0, 0.05) is 19.1 Å². The third-order valence-electron chi connectivity index (χ3n) is 3.28. The van der Waals surface area contributed by atoms with Crippen molar-refractivity contribution in [3.8, 4) is 0 Å². The van der Waals surface area contributed by atoms with Gasteiger partial charge in [0.1, 0.15) is 5.52 Å². The maximum absolute atomic E-state index is 5.83. The van der Waals surface area contributed by atoms with E-state index in [1.807, 2.05) is 24.3 Å². The van der Waals surface area contributed by atoms with Crippen LogP contribution < -0.4 is 10.6 Å². The average molecular weight is 247 g/mol. The molecular weight excluding hydrogens is 226 g/mol. The number of aromatic nitrogens is 1. The molecule has 0 fully saturated rings. The first-order chi connectivity index (χ1) is 8.80. The number of fused-ring (bicyclic) bond motifs is 1. The molecule has 0 saturated carbocycles. The fourth-order valence-electron chi connectivity index (χ4n) is 2.29. The SMILES string of the molecule is CCC(CC)N(CCN)c1nc2ccccc2o1. The summed E-state index contributed by atoms with van der Waals surface area (Å²) in [4.78, 5) is 6.73. The van der Waals surface area contributed by atoms with E-state index in [9.17, 15) is 0 Å². The molecule has 0 amide bonds. The molecule has 0 aliphatic rings. The van der Waals surface area contributed by atoms with E-state index in [0.717, 1.165) is 30.5 Å². The van der Waals surface area contributed by atoms with Gasteiger partial charge in [0.2, 0.25) is 0 Å². The molecule has 0 aliphatic carbocycles. The summed E-state index contributed by atoms with van der Waals surface area (Å²) in [5.41, 5.74) is 7.43. The highest BCUT2D eigenvalue weighted by molar-refractivity contribution is 5.74. The van der Waals surface area contributed by atoms with Gasteiger partial charge in [-0.3, -0.25) is 0 Å². The Labute approximate surface area is 108 Å². The van der Waals surface area contributed by atoms with Crippen molar-refractivity contribution in [1.82, 2.24) is 4.98 Å². The summed E-state index contributed by atoms with van der Waals surface area (Å²) in [7, 11) is 0. The number of para-hydroxylation sites is 2. The highest BCUT2D eigenvalue weighted by Gasteiger charge is 2.20. The molecule has 98 valence electrons. The highest BCUT2D eigenvalue weighted by atomic mass is 16.4. The molecule has 0 saturated heterocycles. The van der Waals surface area contributed by atoms with E-state index in [2.05, 4.69) is 23.7 Å². The van der Waals surface area contributed by atoms with Crippen molar-refractivity contribution in [3.05, 3.63) is 24.3 Å². The zero-order chi connectivity index (χ0) is 13.0. The van der Waals surface area contributed by atoms with Crippen LogP contribution in [0.4, 0.5) is 6.01 Å². The first kappa shape index (κ1) is 12.9. The third kappa shape index (κ3) is 2.48. The molecule has 2 aromatic rings. The van der Waals surface area contributed by atoms with Gasteiger partial charge < -0.3 is 15.1 Å². The topological polar surface area (TPSA) is 55.3 Å². The third-order valence-corrected chi connectivity index (χ3v) is 3.28. The largest absolute Gasteiger partial charge is 0.423 e. The van der Waals surface area contributed by atoms with Crippen LogP contribution in [-0.2, 0) is 0 Å². The molecule has 0 unspecified atom stereocenters. The molecule has 2 rings (SSSR count). The fraction of sp³-hybridized carbons (Fsp3) is 0.500. The number of anilines is 1. The van der Waals surface area contributed by atoms with Gasteiger partial charge in [-0.2, -0.15) is 4.98 Å². The van der Waals surface area contributed by atoms with Crippen molar-refractivity contribution in [2.24, 2.45) is 5.73 Å². The number of hydrogen-bond donors (Lipinski definition) is 1. The van der Waals surface area contributed by atoms with E-state index in [1.165, 1.54) is 0 Å². The number of oxazole rings is 1. The molecule has 4 nitrogen and oxygen atoms in total. The summed E-state index contributed by atoms with van der Waals surface area (Å²) < 4.78 is 5.83. The van der Waals surface area contributed by atoms with E-state index >= 15 is 0 Å². The second-order valence-corrected chi connectivity index (χ2v) is 4.42. The second kappa shape index (κ2) is 5.87. The summed E-state index contributed by atoms with van der Waals surface area (Å²) in [6, 6.07) is 8.97. The van der Waals surface area contributed by atoms with E-state index in [-0.39, 0.29) is 0 Å². The van der Waals surface area contributed by atoms with Gasteiger partial charge in [0.15, 0.2) is 5.58 Å². The number of rotatable bonds is 6. The van der Waals surface area contributed by atoms with Gasteiger partial charge >= 0.3 is 0 Å². The summed E-state index contributed by atoms with van der Waals surface area (Å²) in [5, 5.41) is 0. The van der Waals surface area contributed by atoms with Crippen molar-refractivity contribution in [2.45, 2.75) is 32.7 Å². The predicted molar refractivity (Wildman–Crippen MR) is 74.8 cm³/mol. The Kier molecular flexibility index (Phi) is 4.20. The van der Waals surface area contributed by atoms with Gasteiger partial charge in [-0.15, -0.1) is 0 Å². The van der Waals surface area contributed by atoms with Crippen molar-refractivity contribution in [2.75, 3.05) is 18.0 Å². The van der Waals surface area contributed by atoms with Gasteiger partial charge in [-0.05, 0) is 25.0 Å². The zero-order valence-electron chi connectivity index (χ0n) is 11.1. The Hall–Kier alpha value is -1.55. The summed E-state index contributed by atoms with van der Waals surface area (Å²) in [6.07, 6.45) is 2.13. The molecule has 4 heteroatoms. The molecule has 2 N–H and O–H groups in total. The van der Waals surface area contributed by atoms with Crippen LogP contribution in [-0.4, -0.2) is 24.1 Å². The molecule has 0 atom stereocenters. The minimum Gasteiger partial charge on any atom is -0.423 e. The molecule has 0 aliphatic heterocycles.